The summed E-state index contributed by atoms with van der Waals surface area (Å²) in [6.45, 7) is 6.89. The molecule has 0 aliphatic rings. The van der Waals surface area contributed by atoms with E-state index in [2.05, 4.69) is 16.9 Å². The Morgan fingerprint density at radius 2 is 1.91 bits per heavy atom. The summed E-state index contributed by atoms with van der Waals surface area (Å²) in [5.74, 6) is -2.11. The lowest BCUT2D eigenvalue weighted by atomic mass is 9.72. The van der Waals surface area contributed by atoms with Crippen LogP contribution in [0.15, 0.2) is 55.1 Å². The normalized spacial score (nSPS) is 14.7. The third-order valence-corrected chi connectivity index (χ3v) is 5.95. The Morgan fingerprint density at radius 3 is 2.53 bits per heavy atom. The van der Waals surface area contributed by atoms with Crippen LogP contribution in [0.2, 0.25) is 5.02 Å². The minimum Gasteiger partial charge on any atom is -0.504 e. The molecule has 8 heteroatoms. The van der Waals surface area contributed by atoms with Crippen LogP contribution in [0.3, 0.4) is 0 Å². The summed E-state index contributed by atoms with van der Waals surface area (Å²) in [6, 6.07) is 9.20. The Kier molecular flexibility index (Phi) is 6.69. The summed E-state index contributed by atoms with van der Waals surface area (Å²) < 4.78 is 58.7. The van der Waals surface area contributed by atoms with Crippen LogP contribution in [0.4, 0.5) is 23.2 Å². The molecule has 2 atom stereocenters. The molecule has 1 heterocycles. The minimum absolute atomic E-state index is 0.168. The summed E-state index contributed by atoms with van der Waals surface area (Å²) >= 11 is 5.78. The molecule has 0 aliphatic carbocycles. The van der Waals surface area contributed by atoms with Crippen molar-refractivity contribution in [1.29, 1.82) is 0 Å². The van der Waals surface area contributed by atoms with Gasteiger partial charge in [-0.05, 0) is 43.7 Å². The number of benzene rings is 2. The zero-order valence-electron chi connectivity index (χ0n) is 17.6. The van der Waals surface area contributed by atoms with Gasteiger partial charge in [-0.2, -0.15) is 13.2 Å². The van der Waals surface area contributed by atoms with Crippen LogP contribution >= 0.6 is 11.6 Å². The Balaban J connectivity index is 2.29. The van der Waals surface area contributed by atoms with Crippen molar-refractivity contribution in [2.75, 3.05) is 5.32 Å². The molecule has 0 saturated carbocycles. The fourth-order valence-electron chi connectivity index (χ4n) is 4.00. The highest BCUT2D eigenvalue weighted by Crippen LogP contribution is 2.54. The highest BCUT2D eigenvalue weighted by atomic mass is 35.5. The molecule has 2 aromatic carbocycles. The topological polar surface area (TPSA) is 45.2 Å². The van der Waals surface area contributed by atoms with Crippen molar-refractivity contribution >= 4 is 28.2 Å². The third-order valence-electron chi connectivity index (χ3n) is 5.65. The summed E-state index contributed by atoms with van der Waals surface area (Å²) in [4.78, 5) is 4.41. The van der Waals surface area contributed by atoms with Crippen molar-refractivity contribution in [1.82, 2.24) is 4.98 Å². The number of halogens is 5. The zero-order valence-corrected chi connectivity index (χ0v) is 18.4. The van der Waals surface area contributed by atoms with Gasteiger partial charge in [0.25, 0.3) is 0 Å². The van der Waals surface area contributed by atoms with E-state index in [-0.39, 0.29) is 23.4 Å². The first-order chi connectivity index (χ1) is 15.1. The van der Waals surface area contributed by atoms with E-state index in [1.54, 1.807) is 37.3 Å². The molecule has 3 nitrogen and oxygen atoms in total. The molecule has 3 rings (SSSR count). The Labute approximate surface area is 188 Å². The Hall–Kier alpha value is -2.80. The van der Waals surface area contributed by atoms with Crippen molar-refractivity contribution in [3.8, 4) is 5.75 Å². The van der Waals surface area contributed by atoms with E-state index in [4.69, 9.17) is 11.6 Å². The predicted molar refractivity (Wildman–Crippen MR) is 120 cm³/mol. The van der Waals surface area contributed by atoms with Crippen molar-refractivity contribution in [2.24, 2.45) is 5.41 Å². The molecule has 2 N–H and O–H groups in total. The van der Waals surface area contributed by atoms with Gasteiger partial charge in [0, 0.05) is 22.3 Å². The van der Waals surface area contributed by atoms with Gasteiger partial charge in [0.1, 0.15) is 5.41 Å². The number of nitrogens with one attached hydrogen (secondary N) is 1. The fourth-order valence-corrected chi connectivity index (χ4v) is 4.15. The molecule has 0 saturated heterocycles. The number of hydrogen-bond donors (Lipinski definition) is 2. The highest BCUT2D eigenvalue weighted by Gasteiger charge is 2.58. The first-order valence-corrected chi connectivity index (χ1v) is 10.4. The first-order valence-electron chi connectivity index (χ1n) is 10.1. The summed E-state index contributed by atoms with van der Waals surface area (Å²) in [6.07, 6.45) is -4.12. The van der Waals surface area contributed by atoms with Crippen LogP contribution in [-0.4, -0.2) is 16.3 Å². The maximum absolute atomic E-state index is 15.1. The van der Waals surface area contributed by atoms with Gasteiger partial charge in [0.15, 0.2) is 11.6 Å². The van der Waals surface area contributed by atoms with Crippen LogP contribution in [0.1, 0.15) is 37.1 Å². The predicted octanol–water partition coefficient (Wildman–Crippen LogP) is 7.73. The molecule has 0 spiro atoms. The number of fused-ring (bicyclic) bond motifs is 1. The smallest absolute Gasteiger partial charge is 0.400 e. The largest absolute Gasteiger partial charge is 0.504 e. The van der Waals surface area contributed by atoms with E-state index in [0.29, 0.717) is 16.6 Å². The lowest BCUT2D eigenvalue weighted by Crippen LogP contribution is -2.45. The molecule has 0 amide bonds. The number of aryl methyl sites for hydroxylation is 1. The minimum atomic E-state index is -4.76. The van der Waals surface area contributed by atoms with E-state index in [1.165, 1.54) is 6.07 Å². The van der Waals surface area contributed by atoms with E-state index in [9.17, 15) is 18.3 Å². The monoisotopic (exact) mass is 466 g/mol. The maximum Gasteiger partial charge on any atom is 0.400 e. The number of aromatic nitrogens is 1. The van der Waals surface area contributed by atoms with Crippen LogP contribution in [0, 0.1) is 18.2 Å². The molecule has 0 fully saturated rings. The summed E-state index contributed by atoms with van der Waals surface area (Å²) in [7, 11) is 0. The van der Waals surface area contributed by atoms with Crippen LogP contribution in [0.25, 0.3) is 10.9 Å². The van der Waals surface area contributed by atoms with Crippen LogP contribution < -0.4 is 5.32 Å². The Morgan fingerprint density at radius 1 is 1.19 bits per heavy atom. The quantitative estimate of drug-likeness (QED) is 0.276. The van der Waals surface area contributed by atoms with E-state index >= 15 is 4.39 Å². The molecule has 0 radical (unpaired) electrons. The van der Waals surface area contributed by atoms with Gasteiger partial charge in [0.2, 0.25) is 0 Å². The second-order valence-corrected chi connectivity index (χ2v) is 8.10. The van der Waals surface area contributed by atoms with Crippen LogP contribution in [0.5, 0.6) is 5.75 Å². The van der Waals surface area contributed by atoms with Gasteiger partial charge in [-0.3, -0.25) is 4.98 Å². The third kappa shape index (κ3) is 4.13. The highest BCUT2D eigenvalue weighted by molar-refractivity contribution is 6.32. The molecule has 1 aromatic heterocycles. The summed E-state index contributed by atoms with van der Waals surface area (Å²) in [5, 5.41) is 13.2. The SMILES string of the molecule is C=CC(CCC)(C(Nc1cccc2nc(C)ccc12)c1ccc(Cl)c(O)c1F)C(F)(F)F. The van der Waals surface area contributed by atoms with E-state index in [1.807, 2.05) is 6.92 Å². The van der Waals surface area contributed by atoms with Gasteiger partial charge in [-0.15, -0.1) is 6.58 Å². The van der Waals surface area contributed by atoms with Gasteiger partial charge in [-0.1, -0.05) is 43.2 Å². The lowest BCUT2D eigenvalue weighted by Gasteiger charge is -2.41. The molecule has 2 unspecified atom stereocenters. The maximum atomic E-state index is 15.1. The van der Waals surface area contributed by atoms with Crippen molar-refractivity contribution in [3.63, 3.8) is 0 Å². The number of phenols is 1. The number of aromatic hydroxyl groups is 1. The molecule has 0 bridgehead atoms. The average molecular weight is 467 g/mol. The molecular formula is C24H23ClF4N2O. The molecule has 0 aliphatic heterocycles. The number of nitrogens with zero attached hydrogens (tertiary/aromatic N) is 1. The molecular weight excluding hydrogens is 444 g/mol. The van der Waals surface area contributed by atoms with Gasteiger partial charge in [-0.25, -0.2) is 4.39 Å². The van der Waals surface area contributed by atoms with Crippen molar-refractivity contribution < 1.29 is 22.7 Å². The zero-order chi connectivity index (χ0) is 23.7. The average Bonchev–Trinajstić information content (AvgIpc) is 2.74. The number of hydrogen-bond acceptors (Lipinski definition) is 3. The number of rotatable bonds is 7. The number of alkyl halides is 3. The lowest BCUT2D eigenvalue weighted by molar-refractivity contribution is -0.214. The first kappa shape index (κ1) is 23.9. The number of anilines is 1. The second kappa shape index (κ2) is 8.98. The van der Waals surface area contributed by atoms with Crippen LogP contribution in [-0.2, 0) is 0 Å². The molecule has 170 valence electrons. The standard InChI is InChI=1S/C24H23ClF4N2O/c1-4-13-23(5-2,24(27,28)29)22(16-11-12-17(25)21(32)20(16)26)31-19-8-6-7-18-15(19)10-9-14(3)30-18/h5-12,22,31-32H,2,4,13H2,1,3H3. The molecule has 32 heavy (non-hydrogen) atoms. The van der Waals surface area contributed by atoms with Gasteiger partial charge >= 0.3 is 6.18 Å². The summed E-state index contributed by atoms with van der Waals surface area (Å²) in [5.41, 5.74) is -1.21. The fraction of sp³-hybridized carbons (Fsp3) is 0.292. The number of phenolic OH excluding ortho intramolecular Hbond substituents is 1. The Bertz CT molecular complexity index is 1150. The molecule has 3 aromatic rings. The van der Waals surface area contributed by atoms with E-state index in [0.717, 1.165) is 17.8 Å². The number of pyridine rings is 1. The van der Waals surface area contributed by atoms with Gasteiger partial charge in [0.05, 0.1) is 16.6 Å². The van der Waals surface area contributed by atoms with E-state index < -0.39 is 29.2 Å². The van der Waals surface area contributed by atoms with Crippen molar-refractivity contribution in [3.05, 3.63) is 77.2 Å². The van der Waals surface area contributed by atoms with Gasteiger partial charge < -0.3 is 10.4 Å². The van der Waals surface area contributed by atoms with Crippen molar-refractivity contribution in [2.45, 2.75) is 38.9 Å². The second-order valence-electron chi connectivity index (χ2n) is 7.69.